The summed E-state index contributed by atoms with van der Waals surface area (Å²) in [4.78, 5) is 24.3. The number of benzene rings is 1. The molecule has 21 heavy (non-hydrogen) atoms. The van der Waals surface area contributed by atoms with Crippen molar-refractivity contribution in [2.24, 2.45) is 0 Å². The van der Waals surface area contributed by atoms with E-state index in [0.29, 0.717) is 31.8 Å². The summed E-state index contributed by atoms with van der Waals surface area (Å²) in [5.74, 6) is -0.143. The highest BCUT2D eigenvalue weighted by Gasteiger charge is 2.26. The number of carbonyl (C=O) groups excluding carboxylic acids is 1. The predicted octanol–water partition coefficient (Wildman–Crippen LogP) is 0.850. The molecular formula is C14H19N3O4. The van der Waals surface area contributed by atoms with Gasteiger partial charge in [-0.1, -0.05) is 12.1 Å². The van der Waals surface area contributed by atoms with Crippen LogP contribution in [0, 0.1) is 17.0 Å². The van der Waals surface area contributed by atoms with Crippen LogP contribution in [-0.4, -0.2) is 48.6 Å². The molecule has 2 rings (SSSR count). The molecule has 7 heteroatoms. The van der Waals surface area contributed by atoms with Crippen LogP contribution in [0.1, 0.15) is 11.1 Å². The standard InChI is InChI=1S/C14H19N3O4/c1-10-11(4-3-5-12(10)17(19)20)8-16-6-7-21-13(9-16)14(18)15-2/h3-5,13H,6-9H2,1-2H3,(H,15,18)/t13-/m1/s1. The number of nitro groups is 1. The van der Waals surface area contributed by atoms with Crippen LogP contribution in [0.3, 0.4) is 0 Å². The number of likely N-dealkylation sites (N-methyl/N-ethyl adjacent to an activating group) is 1. The molecule has 1 N–H and O–H groups in total. The fourth-order valence-corrected chi connectivity index (χ4v) is 2.45. The molecule has 0 aromatic heterocycles. The van der Waals surface area contributed by atoms with Crippen molar-refractivity contribution in [2.45, 2.75) is 19.6 Å². The first-order valence-corrected chi connectivity index (χ1v) is 6.81. The summed E-state index contributed by atoms with van der Waals surface area (Å²) in [5, 5.41) is 13.5. The maximum absolute atomic E-state index is 11.6. The number of nitrogens with zero attached hydrogens (tertiary/aromatic N) is 2. The predicted molar refractivity (Wildman–Crippen MR) is 76.9 cm³/mol. The van der Waals surface area contributed by atoms with Crippen molar-refractivity contribution in [1.29, 1.82) is 0 Å². The second-order valence-corrected chi connectivity index (χ2v) is 5.03. The van der Waals surface area contributed by atoms with Crippen molar-refractivity contribution >= 4 is 11.6 Å². The van der Waals surface area contributed by atoms with Gasteiger partial charge in [-0.25, -0.2) is 0 Å². The highest BCUT2D eigenvalue weighted by molar-refractivity contribution is 5.80. The molecular weight excluding hydrogens is 274 g/mol. The number of amides is 1. The topological polar surface area (TPSA) is 84.7 Å². The molecule has 0 bridgehead atoms. The normalized spacial score (nSPS) is 19.2. The third-order valence-corrected chi connectivity index (χ3v) is 3.70. The van der Waals surface area contributed by atoms with Crippen LogP contribution in [0.5, 0.6) is 0 Å². The monoisotopic (exact) mass is 293 g/mol. The van der Waals surface area contributed by atoms with E-state index in [1.807, 2.05) is 6.07 Å². The molecule has 1 saturated heterocycles. The summed E-state index contributed by atoms with van der Waals surface area (Å²) in [5.41, 5.74) is 1.70. The van der Waals surface area contributed by atoms with Gasteiger partial charge in [0.15, 0.2) is 0 Å². The fraction of sp³-hybridized carbons (Fsp3) is 0.500. The minimum Gasteiger partial charge on any atom is -0.366 e. The molecule has 1 aromatic rings. The van der Waals surface area contributed by atoms with Crippen LogP contribution in [0.4, 0.5) is 5.69 Å². The van der Waals surface area contributed by atoms with Crippen LogP contribution >= 0.6 is 0 Å². The van der Waals surface area contributed by atoms with E-state index in [4.69, 9.17) is 4.74 Å². The Hall–Kier alpha value is -1.99. The largest absolute Gasteiger partial charge is 0.366 e. The number of rotatable bonds is 4. The molecule has 0 saturated carbocycles. The number of nitro benzene ring substituents is 1. The van der Waals surface area contributed by atoms with E-state index in [9.17, 15) is 14.9 Å². The zero-order valence-electron chi connectivity index (χ0n) is 12.2. The van der Waals surface area contributed by atoms with E-state index < -0.39 is 6.10 Å². The molecule has 0 radical (unpaired) electrons. The molecule has 114 valence electrons. The molecule has 1 amide bonds. The van der Waals surface area contributed by atoms with Crippen molar-refractivity contribution in [3.05, 3.63) is 39.4 Å². The van der Waals surface area contributed by atoms with E-state index in [1.54, 1.807) is 20.0 Å². The Morgan fingerprint density at radius 1 is 1.57 bits per heavy atom. The lowest BCUT2D eigenvalue weighted by atomic mass is 10.1. The van der Waals surface area contributed by atoms with E-state index in [1.165, 1.54) is 6.07 Å². The van der Waals surface area contributed by atoms with Crippen molar-refractivity contribution in [2.75, 3.05) is 26.7 Å². The van der Waals surface area contributed by atoms with E-state index in [2.05, 4.69) is 10.2 Å². The summed E-state index contributed by atoms with van der Waals surface area (Å²) >= 11 is 0. The van der Waals surface area contributed by atoms with Gasteiger partial charge in [0, 0.05) is 38.3 Å². The van der Waals surface area contributed by atoms with Gasteiger partial charge in [-0.05, 0) is 12.5 Å². The van der Waals surface area contributed by atoms with Gasteiger partial charge in [0.1, 0.15) is 6.10 Å². The second-order valence-electron chi connectivity index (χ2n) is 5.03. The zero-order chi connectivity index (χ0) is 15.4. The fourth-order valence-electron chi connectivity index (χ4n) is 2.45. The smallest absolute Gasteiger partial charge is 0.272 e. The van der Waals surface area contributed by atoms with Crippen molar-refractivity contribution < 1.29 is 14.5 Å². The lowest BCUT2D eigenvalue weighted by molar-refractivity contribution is -0.385. The van der Waals surface area contributed by atoms with Crippen LogP contribution in [0.15, 0.2) is 18.2 Å². The third-order valence-electron chi connectivity index (χ3n) is 3.70. The van der Waals surface area contributed by atoms with E-state index in [-0.39, 0.29) is 16.5 Å². The third kappa shape index (κ3) is 3.56. The van der Waals surface area contributed by atoms with Crippen LogP contribution in [0.25, 0.3) is 0 Å². The Morgan fingerprint density at radius 3 is 3.00 bits per heavy atom. The molecule has 1 heterocycles. The van der Waals surface area contributed by atoms with E-state index in [0.717, 1.165) is 5.56 Å². The highest BCUT2D eigenvalue weighted by atomic mass is 16.6. The van der Waals surface area contributed by atoms with Gasteiger partial charge in [-0.3, -0.25) is 19.8 Å². The molecule has 0 spiro atoms. The van der Waals surface area contributed by atoms with Crippen molar-refractivity contribution in [1.82, 2.24) is 10.2 Å². The first-order chi connectivity index (χ1) is 10.0. The lowest BCUT2D eigenvalue weighted by Gasteiger charge is -2.32. The number of nitrogens with one attached hydrogen (secondary N) is 1. The quantitative estimate of drug-likeness (QED) is 0.657. The van der Waals surface area contributed by atoms with Gasteiger partial charge in [0.25, 0.3) is 5.69 Å². The maximum Gasteiger partial charge on any atom is 0.272 e. The summed E-state index contributed by atoms with van der Waals surface area (Å²) in [6, 6.07) is 5.08. The lowest BCUT2D eigenvalue weighted by Crippen LogP contribution is -2.48. The van der Waals surface area contributed by atoms with Crippen LogP contribution in [-0.2, 0) is 16.1 Å². The summed E-state index contributed by atoms with van der Waals surface area (Å²) in [6.45, 7) is 4.00. The van der Waals surface area contributed by atoms with Gasteiger partial charge < -0.3 is 10.1 Å². The molecule has 0 aliphatic carbocycles. The Balaban J connectivity index is 2.09. The number of morpholine rings is 1. The van der Waals surface area contributed by atoms with Crippen LogP contribution in [0.2, 0.25) is 0 Å². The number of ether oxygens (including phenoxy) is 1. The molecule has 1 aromatic carbocycles. The second kappa shape index (κ2) is 6.64. The molecule has 1 atom stereocenters. The molecule has 0 unspecified atom stereocenters. The van der Waals surface area contributed by atoms with Crippen LogP contribution < -0.4 is 5.32 Å². The number of carbonyl (C=O) groups is 1. The Labute approximate surface area is 123 Å². The number of hydrogen-bond donors (Lipinski definition) is 1. The molecule has 1 aliphatic rings. The average Bonchev–Trinajstić information content (AvgIpc) is 2.48. The van der Waals surface area contributed by atoms with E-state index >= 15 is 0 Å². The first-order valence-electron chi connectivity index (χ1n) is 6.81. The molecule has 1 fully saturated rings. The summed E-state index contributed by atoms with van der Waals surface area (Å²) in [7, 11) is 1.58. The van der Waals surface area contributed by atoms with Gasteiger partial charge in [0.2, 0.25) is 5.91 Å². The highest BCUT2D eigenvalue weighted by Crippen LogP contribution is 2.22. The van der Waals surface area contributed by atoms with Crippen molar-refractivity contribution in [3.63, 3.8) is 0 Å². The van der Waals surface area contributed by atoms with Crippen molar-refractivity contribution in [3.8, 4) is 0 Å². The Morgan fingerprint density at radius 2 is 2.33 bits per heavy atom. The summed E-state index contributed by atoms with van der Waals surface area (Å²) < 4.78 is 5.43. The molecule has 7 nitrogen and oxygen atoms in total. The Bertz CT molecular complexity index is 547. The Kier molecular flexibility index (Phi) is 4.87. The summed E-state index contributed by atoms with van der Waals surface area (Å²) in [6.07, 6.45) is -0.484. The molecule has 1 aliphatic heterocycles. The minimum atomic E-state index is -0.484. The number of hydrogen-bond acceptors (Lipinski definition) is 5. The SMILES string of the molecule is CNC(=O)[C@H]1CN(Cc2cccc([N+](=O)[O-])c2C)CCO1. The van der Waals surface area contributed by atoms with Gasteiger partial charge in [-0.2, -0.15) is 0 Å². The van der Waals surface area contributed by atoms with Gasteiger partial charge in [0.05, 0.1) is 11.5 Å². The maximum atomic E-state index is 11.6. The van der Waals surface area contributed by atoms with Gasteiger partial charge in [-0.15, -0.1) is 0 Å². The minimum absolute atomic E-state index is 0.128. The zero-order valence-corrected chi connectivity index (χ0v) is 12.2. The van der Waals surface area contributed by atoms with Gasteiger partial charge >= 0.3 is 0 Å². The first kappa shape index (κ1) is 15.4. The average molecular weight is 293 g/mol.